The van der Waals surface area contributed by atoms with E-state index in [-0.39, 0.29) is 5.69 Å². The van der Waals surface area contributed by atoms with Crippen LogP contribution in [0, 0.1) is 10.1 Å². The molecule has 0 aliphatic carbocycles. The quantitative estimate of drug-likeness (QED) is 0.493. The Morgan fingerprint density at radius 1 is 1.47 bits per heavy atom. The Bertz CT molecular complexity index is 440. The molecule has 1 unspecified atom stereocenters. The Morgan fingerprint density at radius 3 is 2.76 bits per heavy atom. The summed E-state index contributed by atoms with van der Waals surface area (Å²) in [6.07, 6.45) is 1.64. The van der Waals surface area contributed by atoms with E-state index in [4.69, 9.17) is 0 Å². The molecule has 1 N–H and O–H groups in total. The van der Waals surface area contributed by atoms with Gasteiger partial charge in [0, 0.05) is 52.5 Å². The van der Waals surface area contributed by atoms with E-state index in [0.717, 1.165) is 5.56 Å². The van der Waals surface area contributed by atoms with Gasteiger partial charge in [-0.3, -0.25) is 14.3 Å². The van der Waals surface area contributed by atoms with Crippen molar-refractivity contribution in [2.75, 3.05) is 18.6 Å². The van der Waals surface area contributed by atoms with Crippen molar-refractivity contribution in [1.29, 1.82) is 0 Å². The fourth-order valence-corrected chi connectivity index (χ4v) is 2.25. The van der Waals surface area contributed by atoms with Crippen molar-refractivity contribution >= 4 is 32.4 Å². The molecule has 5 nitrogen and oxygen atoms in total. The predicted molar refractivity (Wildman–Crippen MR) is 71.4 cm³/mol. The third kappa shape index (κ3) is 5.38. The summed E-state index contributed by atoms with van der Waals surface area (Å²) in [4.78, 5) is 10.2. The van der Waals surface area contributed by atoms with Crippen LogP contribution in [-0.2, 0) is 17.3 Å². The van der Waals surface area contributed by atoms with Crippen LogP contribution in [0.3, 0.4) is 0 Å². The SMILES string of the molecule is CS(=O)CCNCc1cc(Br)cc([N+](=O)[O-])c1. The summed E-state index contributed by atoms with van der Waals surface area (Å²) in [5.41, 5.74) is 0.892. The van der Waals surface area contributed by atoms with Crippen LogP contribution in [0.25, 0.3) is 0 Å². The van der Waals surface area contributed by atoms with Crippen LogP contribution < -0.4 is 5.32 Å². The third-order valence-electron chi connectivity index (χ3n) is 2.05. The summed E-state index contributed by atoms with van der Waals surface area (Å²) in [7, 11) is -0.820. The highest BCUT2D eigenvalue weighted by molar-refractivity contribution is 9.10. The Labute approximate surface area is 110 Å². The average Bonchev–Trinajstić information content (AvgIpc) is 2.23. The maximum atomic E-state index is 10.8. The van der Waals surface area contributed by atoms with E-state index in [1.54, 1.807) is 6.26 Å². The molecule has 1 aromatic carbocycles. The van der Waals surface area contributed by atoms with Gasteiger partial charge in [0.05, 0.1) is 4.92 Å². The van der Waals surface area contributed by atoms with E-state index in [1.165, 1.54) is 12.1 Å². The second-order valence-electron chi connectivity index (χ2n) is 3.53. The lowest BCUT2D eigenvalue weighted by molar-refractivity contribution is -0.385. The number of nitro benzene ring substituents is 1. The molecule has 0 fully saturated rings. The molecule has 0 aliphatic rings. The molecule has 0 bridgehead atoms. The summed E-state index contributed by atoms with van der Waals surface area (Å²) in [5.74, 6) is 0.579. The average molecular weight is 321 g/mol. The molecule has 0 saturated carbocycles. The molecule has 0 aromatic heterocycles. The van der Waals surface area contributed by atoms with E-state index in [2.05, 4.69) is 21.2 Å². The number of rotatable bonds is 6. The van der Waals surface area contributed by atoms with E-state index in [1.807, 2.05) is 6.07 Å². The zero-order chi connectivity index (χ0) is 12.8. The van der Waals surface area contributed by atoms with Crippen LogP contribution in [0.15, 0.2) is 22.7 Å². The van der Waals surface area contributed by atoms with Gasteiger partial charge < -0.3 is 5.32 Å². The van der Waals surface area contributed by atoms with Crippen molar-refractivity contribution in [1.82, 2.24) is 5.32 Å². The van der Waals surface area contributed by atoms with Gasteiger partial charge in [0.1, 0.15) is 0 Å². The molecule has 7 heteroatoms. The highest BCUT2D eigenvalue weighted by atomic mass is 79.9. The normalized spacial score (nSPS) is 12.4. The van der Waals surface area contributed by atoms with E-state index in [9.17, 15) is 14.3 Å². The highest BCUT2D eigenvalue weighted by Crippen LogP contribution is 2.21. The summed E-state index contributed by atoms with van der Waals surface area (Å²) in [6, 6.07) is 4.81. The molecule has 0 heterocycles. The molecule has 0 amide bonds. The minimum absolute atomic E-state index is 0.0650. The number of nitrogens with one attached hydrogen (secondary N) is 1. The molecule has 1 atom stereocenters. The molecule has 0 radical (unpaired) electrons. The van der Waals surface area contributed by atoms with E-state index >= 15 is 0 Å². The van der Waals surface area contributed by atoms with E-state index < -0.39 is 15.7 Å². The summed E-state index contributed by atoms with van der Waals surface area (Å²) >= 11 is 3.23. The van der Waals surface area contributed by atoms with Gasteiger partial charge in [-0.2, -0.15) is 0 Å². The summed E-state index contributed by atoms with van der Waals surface area (Å²) in [6.45, 7) is 1.15. The Balaban J connectivity index is 2.59. The largest absolute Gasteiger partial charge is 0.312 e. The minimum Gasteiger partial charge on any atom is -0.312 e. The van der Waals surface area contributed by atoms with Gasteiger partial charge in [-0.15, -0.1) is 0 Å². The molecule has 0 aliphatic heterocycles. The van der Waals surface area contributed by atoms with Crippen LogP contribution in [0.2, 0.25) is 0 Å². The van der Waals surface area contributed by atoms with Crippen LogP contribution in [0.1, 0.15) is 5.56 Å². The lowest BCUT2D eigenvalue weighted by Gasteiger charge is -2.04. The van der Waals surface area contributed by atoms with Crippen molar-refractivity contribution in [2.45, 2.75) is 6.54 Å². The second-order valence-corrected chi connectivity index (χ2v) is 6.00. The van der Waals surface area contributed by atoms with Crippen molar-refractivity contribution in [3.63, 3.8) is 0 Å². The van der Waals surface area contributed by atoms with Gasteiger partial charge in [-0.25, -0.2) is 0 Å². The first-order valence-corrected chi connectivity index (χ1v) is 7.45. The van der Waals surface area contributed by atoms with Crippen molar-refractivity contribution in [3.8, 4) is 0 Å². The minimum atomic E-state index is -0.820. The fraction of sp³-hybridized carbons (Fsp3) is 0.400. The van der Waals surface area contributed by atoms with E-state index in [0.29, 0.717) is 23.3 Å². The predicted octanol–water partition coefficient (Wildman–Crippen LogP) is 1.83. The molecule has 17 heavy (non-hydrogen) atoms. The van der Waals surface area contributed by atoms with Crippen molar-refractivity contribution < 1.29 is 9.13 Å². The maximum Gasteiger partial charge on any atom is 0.270 e. The van der Waals surface area contributed by atoms with Crippen LogP contribution >= 0.6 is 15.9 Å². The van der Waals surface area contributed by atoms with Crippen LogP contribution in [0.4, 0.5) is 5.69 Å². The Hall–Kier alpha value is -0.790. The third-order valence-corrected chi connectivity index (χ3v) is 3.29. The molecular weight excluding hydrogens is 308 g/mol. The highest BCUT2D eigenvalue weighted by Gasteiger charge is 2.08. The van der Waals surface area contributed by atoms with Gasteiger partial charge in [-0.05, 0) is 11.6 Å². The first-order valence-electron chi connectivity index (χ1n) is 4.93. The van der Waals surface area contributed by atoms with Gasteiger partial charge in [-0.1, -0.05) is 15.9 Å². The van der Waals surface area contributed by atoms with Gasteiger partial charge >= 0.3 is 0 Å². The molecule has 1 rings (SSSR count). The molecule has 0 spiro atoms. The number of halogens is 1. The topological polar surface area (TPSA) is 72.2 Å². The molecule has 1 aromatic rings. The molecule has 94 valence electrons. The smallest absolute Gasteiger partial charge is 0.270 e. The standard InChI is InChI=1S/C10H13BrN2O3S/c1-17(16)3-2-12-7-8-4-9(11)6-10(5-8)13(14)15/h4-6,12H,2-3,7H2,1H3. The number of non-ortho nitro benzene ring substituents is 1. The molecule has 0 saturated heterocycles. The van der Waals surface area contributed by atoms with Crippen LogP contribution in [-0.4, -0.2) is 27.7 Å². The van der Waals surface area contributed by atoms with Gasteiger partial charge in [0.15, 0.2) is 0 Å². The lowest BCUT2D eigenvalue weighted by atomic mass is 10.2. The zero-order valence-electron chi connectivity index (χ0n) is 9.31. The maximum absolute atomic E-state index is 10.8. The monoisotopic (exact) mass is 320 g/mol. The first kappa shape index (κ1) is 14.3. The van der Waals surface area contributed by atoms with Crippen molar-refractivity contribution in [3.05, 3.63) is 38.3 Å². The molecular formula is C10H13BrN2O3S. The zero-order valence-corrected chi connectivity index (χ0v) is 11.7. The number of nitro groups is 1. The number of nitrogens with zero attached hydrogens (tertiary/aromatic N) is 1. The Morgan fingerprint density at radius 2 is 2.18 bits per heavy atom. The van der Waals surface area contributed by atoms with Crippen molar-refractivity contribution in [2.24, 2.45) is 0 Å². The van der Waals surface area contributed by atoms with Gasteiger partial charge in [0.25, 0.3) is 5.69 Å². The lowest BCUT2D eigenvalue weighted by Crippen LogP contribution is -2.19. The van der Waals surface area contributed by atoms with Crippen LogP contribution in [0.5, 0.6) is 0 Å². The first-order chi connectivity index (χ1) is 7.99. The Kier molecular flexibility index (Phi) is 5.73. The van der Waals surface area contributed by atoms with Gasteiger partial charge in [0.2, 0.25) is 0 Å². The number of benzene rings is 1. The summed E-state index contributed by atoms with van der Waals surface area (Å²) in [5, 5.41) is 13.7. The number of hydrogen-bond acceptors (Lipinski definition) is 4. The summed E-state index contributed by atoms with van der Waals surface area (Å²) < 4.78 is 11.5. The fourth-order valence-electron chi connectivity index (χ4n) is 1.29. The second kappa shape index (κ2) is 6.83. The number of hydrogen-bond donors (Lipinski definition) is 1.